The second-order valence-corrected chi connectivity index (χ2v) is 5.51. The number of hydrogen-bond acceptors (Lipinski definition) is 3. The topological polar surface area (TPSA) is 41.3 Å². The number of nitrogens with zero attached hydrogens (tertiary/aromatic N) is 1. The van der Waals surface area contributed by atoms with Crippen molar-refractivity contribution in [3.05, 3.63) is 35.6 Å². The average Bonchev–Trinajstić information content (AvgIpc) is 2.38. The molecule has 0 aromatic heterocycles. The molecule has 0 spiro atoms. The first-order valence-corrected chi connectivity index (χ1v) is 7.12. The molecule has 3 N–H and O–H groups in total. The molecule has 1 aliphatic heterocycles. The second kappa shape index (κ2) is 6.46. The minimum absolute atomic E-state index is 0.0290. The molecule has 4 heteroatoms. The fourth-order valence-electron chi connectivity index (χ4n) is 2.84. The third kappa shape index (κ3) is 3.53. The summed E-state index contributed by atoms with van der Waals surface area (Å²) in [5.41, 5.74) is 10.3. The van der Waals surface area contributed by atoms with E-state index in [1.165, 1.54) is 25.3 Å². The Kier molecular flexibility index (Phi) is 4.91. The van der Waals surface area contributed by atoms with E-state index < -0.39 is 0 Å². The van der Waals surface area contributed by atoms with Crippen molar-refractivity contribution in [3.63, 3.8) is 0 Å². The zero-order chi connectivity index (χ0) is 13.8. The molecule has 1 saturated heterocycles. The van der Waals surface area contributed by atoms with E-state index in [2.05, 4.69) is 24.3 Å². The van der Waals surface area contributed by atoms with E-state index in [-0.39, 0.29) is 11.9 Å². The molecule has 19 heavy (non-hydrogen) atoms. The Balaban J connectivity index is 2.10. The third-order valence-corrected chi connectivity index (χ3v) is 3.99. The molecule has 0 saturated carbocycles. The van der Waals surface area contributed by atoms with Gasteiger partial charge in [-0.15, -0.1) is 0 Å². The van der Waals surface area contributed by atoms with E-state index in [4.69, 9.17) is 5.73 Å². The monoisotopic (exact) mass is 265 g/mol. The van der Waals surface area contributed by atoms with Crippen molar-refractivity contribution in [2.75, 3.05) is 6.54 Å². The van der Waals surface area contributed by atoms with Gasteiger partial charge in [0.05, 0.1) is 6.04 Å². The molecule has 1 aliphatic rings. The van der Waals surface area contributed by atoms with E-state index in [1.807, 2.05) is 6.07 Å². The van der Waals surface area contributed by atoms with Gasteiger partial charge in [0, 0.05) is 18.6 Å². The third-order valence-electron chi connectivity index (χ3n) is 3.99. The number of nitrogens with two attached hydrogens (primary N) is 1. The molecule has 0 aliphatic carbocycles. The lowest BCUT2D eigenvalue weighted by atomic mass is 9.99. The minimum atomic E-state index is -0.211. The van der Waals surface area contributed by atoms with Crippen molar-refractivity contribution in [2.45, 2.75) is 51.2 Å². The molecule has 3 nitrogen and oxygen atoms in total. The smallest absolute Gasteiger partial charge is 0.123 e. The molecule has 2 rings (SSSR count). The molecular formula is C15H24FN3. The minimum Gasteiger partial charge on any atom is -0.329 e. The lowest BCUT2D eigenvalue weighted by Gasteiger charge is -2.41. The van der Waals surface area contributed by atoms with Crippen molar-refractivity contribution in [1.29, 1.82) is 0 Å². The van der Waals surface area contributed by atoms with E-state index in [0.29, 0.717) is 18.6 Å². The zero-order valence-electron chi connectivity index (χ0n) is 11.8. The van der Waals surface area contributed by atoms with Gasteiger partial charge in [-0.3, -0.25) is 0 Å². The number of nitrogens with one attached hydrogen (secondary N) is 1. The molecule has 3 atom stereocenters. The van der Waals surface area contributed by atoms with Gasteiger partial charge in [-0.1, -0.05) is 18.6 Å². The molecule has 0 bridgehead atoms. The Bertz CT molecular complexity index is 400. The van der Waals surface area contributed by atoms with Crippen molar-refractivity contribution < 1.29 is 4.39 Å². The molecule has 0 radical (unpaired) electrons. The van der Waals surface area contributed by atoms with Crippen LogP contribution in [0.2, 0.25) is 0 Å². The zero-order valence-corrected chi connectivity index (χ0v) is 11.8. The van der Waals surface area contributed by atoms with Crippen LogP contribution in [0, 0.1) is 5.82 Å². The van der Waals surface area contributed by atoms with Crippen LogP contribution in [0.3, 0.4) is 0 Å². The molecule has 3 unspecified atom stereocenters. The summed E-state index contributed by atoms with van der Waals surface area (Å²) < 4.78 is 13.3. The maximum Gasteiger partial charge on any atom is 0.123 e. The summed E-state index contributed by atoms with van der Waals surface area (Å²) in [6, 6.07) is 7.63. The Labute approximate surface area is 114 Å². The van der Waals surface area contributed by atoms with Crippen molar-refractivity contribution in [3.8, 4) is 0 Å². The summed E-state index contributed by atoms with van der Waals surface area (Å²) in [4.78, 5) is 0. The molecule has 106 valence electrons. The van der Waals surface area contributed by atoms with Crippen molar-refractivity contribution in [2.24, 2.45) is 5.73 Å². The highest BCUT2D eigenvalue weighted by molar-refractivity contribution is 5.20. The van der Waals surface area contributed by atoms with E-state index in [0.717, 1.165) is 5.56 Å². The van der Waals surface area contributed by atoms with Crippen LogP contribution in [0.1, 0.15) is 44.7 Å². The SMILES string of the molecule is CC1CCCC(C)N1NC(CN)c1cccc(F)c1. The predicted molar refractivity (Wildman–Crippen MR) is 75.9 cm³/mol. The van der Waals surface area contributed by atoms with Crippen LogP contribution in [-0.4, -0.2) is 23.6 Å². The van der Waals surface area contributed by atoms with Crippen LogP contribution >= 0.6 is 0 Å². The molecule has 1 fully saturated rings. The van der Waals surface area contributed by atoms with Crippen LogP contribution in [0.15, 0.2) is 24.3 Å². The lowest BCUT2D eigenvalue weighted by molar-refractivity contribution is 0.0304. The van der Waals surface area contributed by atoms with E-state index in [9.17, 15) is 4.39 Å². The maximum absolute atomic E-state index is 13.3. The van der Waals surface area contributed by atoms with Gasteiger partial charge in [0.1, 0.15) is 5.82 Å². The lowest BCUT2D eigenvalue weighted by Crippen LogP contribution is -2.54. The first-order valence-electron chi connectivity index (χ1n) is 7.12. The summed E-state index contributed by atoms with van der Waals surface area (Å²) in [5, 5.41) is 2.28. The number of hydrogen-bond donors (Lipinski definition) is 2. The molecule has 0 amide bonds. The first kappa shape index (κ1) is 14.4. The molecule has 1 heterocycles. The fraction of sp³-hybridized carbons (Fsp3) is 0.600. The maximum atomic E-state index is 13.3. The normalized spacial score (nSPS) is 26.3. The summed E-state index contributed by atoms with van der Waals surface area (Å²) in [7, 11) is 0. The summed E-state index contributed by atoms with van der Waals surface area (Å²) in [6.07, 6.45) is 3.66. The number of hydrazine groups is 1. The van der Waals surface area contributed by atoms with E-state index in [1.54, 1.807) is 12.1 Å². The number of piperidine rings is 1. The van der Waals surface area contributed by atoms with Gasteiger partial charge in [0.15, 0.2) is 0 Å². The van der Waals surface area contributed by atoms with Gasteiger partial charge in [0.2, 0.25) is 0 Å². The van der Waals surface area contributed by atoms with Crippen LogP contribution in [0.5, 0.6) is 0 Å². The molecule has 1 aromatic carbocycles. The fourth-order valence-corrected chi connectivity index (χ4v) is 2.84. The van der Waals surface area contributed by atoms with Crippen molar-refractivity contribution >= 4 is 0 Å². The predicted octanol–water partition coefficient (Wildman–Crippen LogP) is 2.59. The summed E-state index contributed by atoms with van der Waals surface area (Å²) in [6.45, 7) is 4.91. The van der Waals surface area contributed by atoms with Gasteiger partial charge in [-0.2, -0.15) is 0 Å². The Hall–Kier alpha value is -0.970. The van der Waals surface area contributed by atoms with Gasteiger partial charge >= 0.3 is 0 Å². The second-order valence-electron chi connectivity index (χ2n) is 5.51. The van der Waals surface area contributed by atoms with Crippen LogP contribution in [0.25, 0.3) is 0 Å². The molecular weight excluding hydrogens is 241 g/mol. The van der Waals surface area contributed by atoms with Gasteiger partial charge < -0.3 is 5.73 Å². The highest BCUT2D eigenvalue weighted by Gasteiger charge is 2.26. The Morgan fingerprint density at radius 3 is 2.63 bits per heavy atom. The summed E-state index contributed by atoms with van der Waals surface area (Å²) >= 11 is 0. The van der Waals surface area contributed by atoms with Gasteiger partial charge in [-0.05, 0) is 44.4 Å². The highest BCUT2D eigenvalue weighted by Crippen LogP contribution is 2.23. The molecule has 1 aromatic rings. The Morgan fingerprint density at radius 2 is 2.05 bits per heavy atom. The average molecular weight is 265 g/mol. The quantitative estimate of drug-likeness (QED) is 0.879. The largest absolute Gasteiger partial charge is 0.329 e. The van der Waals surface area contributed by atoms with Crippen LogP contribution in [0.4, 0.5) is 4.39 Å². The van der Waals surface area contributed by atoms with Crippen LogP contribution in [-0.2, 0) is 0 Å². The summed E-state index contributed by atoms with van der Waals surface area (Å²) in [5.74, 6) is -0.211. The van der Waals surface area contributed by atoms with Crippen LogP contribution < -0.4 is 11.2 Å². The number of halogens is 1. The first-order chi connectivity index (χ1) is 9.11. The van der Waals surface area contributed by atoms with Gasteiger partial charge in [0.25, 0.3) is 0 Å². The Morgan fingerprint density at radius 1 is 1.37 bits per heavy atom. The van der Waals surface area contributed by atoms with Crippen molar-refractivity contribution in [1.82, 2.24) is 10.4 Å². The standard InChI is InChI=1S/C15H24FN3/c1-11-5-3-6-12(2)19(11)18-15(10-17)13-7-4-8-14(16)9-13/h4,7-9,11-12,15,18H,3,5-6,10,17H2,1-2H3. The highest BCUT2D eigenvalue weighted by atomic mass is 19.1. The number of benzene rings is 1. The van der Waals surface area contributed by atoms with Gasteiger partial charge in [-0.25, -0.2) is 14.8 Å². The number of rotatable bonds is 4. The van der Waals surface area contributed by atoms with E-state index >= 15 is 0 Å².